The molecule has 1 atom stereocenters. The van der Waals surface area contributed by atoms with Crippen molar-refractivity contribution in [1.82, 2.24) is 4.90 Å². The summed E-state index contributed by atoms with van der Waals surface area (Å²) in [6.45, 7) is 7.22. The lowest BCUT2D eigenvalue weighted by atomic mass is 10.1. The van der Waals surface area contributed by atoms with Gasteiger partial charge in [0.15, 0.2) is 0 Å². The van der Waals surface area contributed by atoms with Crippen LogP contribution in [0.15, 0.2) is 0 Å². The third-order valence-electron chi connectivity index (χ3n) is 2.70. The van der Waals surface area contributed by atoms with Crippen molar-refractivity contribution in [2.24, 2.45) is 5.92 Å². The Morgan fingerprint density at radius 1 is 1.50 bits per heavy atom. The van der Waals surface area contributed by atoms with Crippen LogP contribution in [0.5, 0.6) is 0 Å². The van der Waals surface area contributed by atoms with Gasteiger partial charge in [0.25, 0.3) is 0 Å². The summed E-state index contributed by atoms with van der Waals surface area (Å²) >= 11 is 0. The van der Waals surface area contributed by atoms with Crippen LogP contribution >= 0.6 is 0 Å². The van der Waals surface area contributed by atoms with Crippen molar-refractivity contribution < 1.29 is 5.11 Å². The van der Waals surface area contributed by atoms with Gasteiger partial charge in [0.05, 0.1) is 6.61 Å². The highest BCUT2D eigenvalue weighted by Gasteiger charge is 2.22. The number of aliphatic hydroxyl groups excluding tert-OH is 1. The first-order valence-electron chi connectivity index (χ1n) is 5.09. The standard InChI is InChI=1S/C10H21NO/c1-9(2)5-7-11-6-3-4-10(11)8-12/h9-10,12H,3-8H2,1-2H3/t10-/m0/s1. The van der Waals surface area contributed by atoms with E-state index in [0.717, 1.165) is 5.92 Å². The van der Waals surface area contributed by atoms with Crippen LogP contribution < -0.4 is 0 Å². The molecule has 72 valence electrons. The second-order valence-corrected chi connectivity index (χ2v) is 4.20. The summed E-state index contributed by atoms with van der Waals surface area (Å²) in [5.74, 6) is 0.782. The molecule has 1 aliphatic rings. The van der Waals surface area contributed by atoms with Gasteiger partial charge in [-0.15, -0.1) is 0 Å². The van der Waals surface area contributed by atoms with E-state index in [9.17, 15) is 0 Å². The number of aliphatic hydroxyl groups is 1. The second-order valence-electron chi connectivity index (χ2n) is 4.20. The molecule has 2 heteroatoms. The molecule has 1 rings (SSSR count). The van der Waals surface area contributed by atoms with Crippen LogP contribution in [0, 0.1) is 5.92 Å². The fraction of sp³-hybridized carbons (Fsp3) is 1.00. The van der Waals surface area contributed by atoms with Gasteiger partial charge in [-0.05, 0) is 38.3 Å². The highest BCUT2D eigenvalue weighted by Crippen LogP contribution is 2.17. The third kappa shape index (κ3) is 2.76. The number of hydrogen-bond acceptors (Lipinski definition) is 2. The van der Waals surface area contributed by atoms with Crippen LogP contribution in [0.3, 0.4) is 0 Å². The molecule has 0 radical (unpaired) electrons. The monoisotopic (exact) mass is 171 g/mol. The third-order valence-corrected chi connectivity index (χ3v) is 2.70. The molecule has 2 nitrogen and oxygen atoms in total. The first kappa shape index (κ1) is 10.0. The van der Waals surface area contributed by atoms with Crippen LogP contribution in [-0.4, -0.2) is 35.7 Å². The molecule has 0 spiro atoms. The SMILES string of the molecule is CC(C)CCN1CCC[C@H]1CO. The van der Waals surface area contributed by atoms with E-state index < -0.39 is 0 Å². The Labute approximate surface area is 75.6 Å². The smallest absolute Gasteiger partial charge is 0.0586 e. The van der Waals surface area contributed by atoms with Gasteiger partial charge < -0.3 is 5.11 Å². The molecule has 12 heavy (non-hydrogen) atoms. The number of hydrogen-bond donors (Lipinski definition) is 1. The molecule has 0 unspecified atom stereocenters. The van der Waals surface area contributed by atoms with E-state index in [1.54, 1.807) is 0 Å². The maximum Gasteiger partial charge on any atom is 0.0586 e. The van der Waals surface area contributed by atoms with Gasteiger partial charge in [-0.1, -0.05) is 13.8 Å². The largest absolute Gasteiger partial charge is 0.395 e. The lowest BCUT2D eigenvalue weighted by molar-refractivity contribution is 0.154. The molecule has 0 amide bonds. The molecule has 0 bridgehead atoms. The minimum atomic E-state index is 0.345. The molecule has 1 heterocycles. The van der Waals surface area contributed by atoms with E-state index >= 15 is 0 Å². The van der Waals surface area contributed by atoms with Gasteiger partial charge in [0, 0.05) is 6.04 Å². The van der Waals surface area contributed by atoms with E-state index in [1.165, 1.54) is 32.4 Å². The predicted molar refractivity (Wildman–Crippen MR) is 51.1 cm³/mol. The predicted octanol–water partition coefficient (Wildman–Crippen LogP) is 1.49. The van der Waals surface area contributed by atoms with Crippen molar-refractivity contribution in [2.75, 3.05) is 19.7 Å². The molecule has 0 aromatic heterocycles. The summed E-state index contributed by atoms with van der Waals surface area (Å²) in [6.07, 6.45) is 3.72. The quantitative estimate of drug-likeness (QED) is 0.692. The summed E-state index contributed by atoms with van der Waals surface area (Å²) in [4.78, 5) is 2.43. The number of rotatable bonds is 4. The molecule has 0 saturated carbocycles. The maximum absolute atomic E-state index is 9.06. The van der Waals surface area contributed by atoms with Crippen molar-refractivity contribution in [3.05, 3.63) is 0 Å². The fourth-order valence-corrected chi connectivity index (χ4v) is 1.82. The van der Waals surface area contributed by atoms with E-state index in [2.05, 4.69) is 18.7 Å². The summed E-state index contributed by atoms with van der Waals surface area (Å²) < 4.78 is 0. The van der Waals surface area contributed by atoms with Crippen LogP contribution in [-0.2, 0) is 0 Å². The average Bonchev–Trinajstić information content (AvgIpc) is 2.47. The van der Waals surface area contributed by atoms with Crippen molar-refractivity contribution in [2.45, 2.75) is 39.2 Å². The average molecular weight is 171 g/mol. The zero-order valence-electron chi connectivity index (χ0n) is 8.29. The normalized spacial score (nSPS) is 25.5. The van der Waals surface area contributed by atoms with E-state index in [0.29, 0.717) is 12.6 Å². The Morgan fingerprint density at radius 3 is 2.83 bits per heavy atom. The molecular weight excluding hydrogens is 150 g/mol. The highest BCUT2D eigenvalue weighted by molar-refractivity contribution is 4.78. The lowest BCUT2D eigenvalue weighted by Crippen LogP contribution is -2.33. The minimum absolute atomic E-state index is 0.345. The molecular formula is C10H21NO. The van der Waals surface area contributed by atoms with Crippen molar-refractivity contribution >= 4 is 0 Å². The summed E-state index contributed by atoms with van der Waals surface area (Å²) in [5.41, 5.74) is 0. The van der Waals surface area contributed by atoms with Gasteiger partial charge >= 0.3 is 0 Å². The first-order valence-corrected chi connectivity index (χ1v) is 5.09. The van der Waals surface area contributed by atoms with Crippen molar-refractivity contribution in [1.29, 1.82) is 0 Å². The Bertz CT molecular complexity index is 125. The lowest BCUT2D eigenvalue weighted by Gasteiger charge is -2.23. The topological polar surface area (TPSA) is 23.5 Å². The van der Waals surface area contributed by atoms with Gasteiger partial charge in [-0.25, -0.2) is 0 Å². The van der Waals surface area contributed by atoms with Gasteiger partial charge in [0.1, 0.15) is 0 Å². The zero-order chi connectivity index (χ0) is 8.97. The molecule has 1 N–H and O–H groups in total. The molecule has 1 aliphatic heterocycles. The minimum Gasteiger partial charge on any atom is -0.395 e. The van der Waals surface area contributed by atoms with Crippen molar-refractivity contribution in [3.8, 4) is 0 Å². The van der Waals surface area contributed by atoms with Gasteiger partial charge in [0.2, 0.25) is 0 Å². The van der Waals surface area contributed by atoms with E-state index in [-0.39, 0.29) is 0 Å². The Balaban J connectivity index is 2.21. The van der Waals surface area contributed by atoms with Crippen LogP contribution in [0.4, 0.5) is 0 Å². The number of nitrogens with zero attached hydrogens (tertiary/aromatic N) is 1. The number of likely N-dealkylation sites (tertiary alicyclic amines) is 1. The highest BCUT2D eigenvalue weighted by atomic mass is 16.3. The van der Waals surface area contributed by atoms with Crippen LogP contribution in [0.25, 0.3) is 0 Å². The molecule has 1 fully saturated rings. The van der Waals surface area contributed by atoms with Gasteiger partial charge in [-0.3, -0.25) is 4.90 Å². The Morgan fingerprint density at radius 2 is 2.25 bits per heavy atom. The Hall–Kier alpha value is -0.0800. The van der Waals surface area contributed by atoms with E-state index in [1.807, 2.05) is 0 Å². The maximum atomic E-state index is 9.06. The Kier molecular flexibility index (Phi) is 4.02. The van der Waals surface area contributed by atoms with E-state index in [4.69, 9.17) is 5.11 Å². The van der Waals surface area contributed by atoms with Crippen LogP contribution in [0.2, 0.25) is 0 Å². The first-order chi connectivity index (χ1) is 5.74. The molecule has 0 aromatic rings. The summed E-state index contributed by atoms with van der Waals surface area (Å²) in [7, 11) is 0. The molecule has 1 saturated heterocycles. The van der Waals surface area contributed by atoms with Gasteiger partial charge in [-0.2, -0.15) is 0 Å². The second kappa shape index (κ2) is 4.83. The fourth-order valence-electron chi connectivity index (χ4n) is 1.82. The molecule has 0 aromatic carbocycles. The van der Waals surface area contributed by atoms with Crippen molar-refractivity contribution in [3.63, 3.8) is 0 Å². The summed E-state index contributed by atoms with van der Waals surface area (Å²) in [6, 6.07) is 0.462. The zero-order valence-corrected chi connectivity index (χ0v) is 8.29. The molecule has 0 aliphatic carbocycles. The van der Waals surface area contributed by atoms with Crippen LogP contribution in [0.1, 0.15) is 33.1 Å². The summed E-state index contributed by atoms with van der Waals surface area (Å²) in [5, 5.41) is 9.06.